The number of fused-ring (bicyclic) bond motifs is 3. The fourth-order valence-electron chi connectivity index (χ4n) is 4.18. The molecule has 8 heteroatoms. The zero-order chi connectivity index (χ0) is 21.4. The molecular formula is C23H22FN5O2. The number of nitrogens with zero attached hydrogens (tertiary/aromatic N) is 5. The van der Waals surface area contributed by atoms with Crippen LogP contribution in [0.3, 0.4) is 0 Å². The van der Waals surface area contributed by atoms with Crippen molar-refractivity contribution >= 4 is 28.5 Å². The maximum atomic E-state index is 13.5. The Morgan fingerprint density at radius 1 is 1.16 bits per heavy atom. The molecule has 0 amide bonds. The lowest BCUT2D eigenvalue weighted by Crippen LogP contribution is -2.40. The van der Waals surface area contributed by atoms with E-state index in [0.717, 1.165) is 35.9 Å². The molecule has 5 rings (SSSR count). The number of anilines is 1. The van der Waals surface area contributed by atoms with E-state index in [4.69, 9.17) is 9.72 Å². The van der Waals surface area contributed by atoms with Gasteiger partial charge in [-0.1, -0.05) is 12.1 Å². The monoisotopic (exact) mass is 419 g/mol. The Morgan fingerprint density at radius 2 is 1.97 bits per heavy atom. The number of hydrogen-bond donors (Lipinski definition) is 0. The van der Waals surface area contributed by atoms with Gasteiger partial charge in [0.05, 0.1) is 18.0 Å². The zero-order valence-corrected chi connectivity index (χ0v) is 17.2. The minimum absolute atomic E-state index is 0.174. The first kappa shape index (κ1) is 19.4. The van der Waals surface area contributed by atoms with Gasteiger partial charge in [-0.25, -0.2) is 13.8 Å². The maximum Gasteiger partial charge on any atom is 0.310 e. The quantitative estimate of drug-likeness (QED) is 0.468. The van der Waals surface area contributed by atoms with E-state index in [0.29, 0.717) is 30.6 Å². The smallest absolute Gasteiger partial charge is 0.310 e. The fraction of sp³-hybridized carbons (Fsp3) is 0.304. The predicted molar refractivity (Wildman–Crippen MR) is 115 cm³/mol. The lowest BCUT2D eigenvalue weighted by Gasteiger charge is -2.32. The van der Waals surface area contributed by atoms with Gasteiger partial charge < -0.3 is 9.64 Å². The zero-order valence-electron chi connectivity index (χ0n) is 17.2. The van der Waals surface area contributed by atoms with Crippen LogP contribution in [0.5, 0.6) is 0 Å². The average molecular weight is 419 g/mol. The van der Waals surface area contributed by atoms with Gasteiger partial charge in [-0.2, -0.15) is 0 Å². The summed E-state index contributed by atoms with van der Waals surface area (Å²) in [6.45, 7) is 3.46. The molecule has 0 saturated carbocycles. The SMILES string of the molecule is CCOC(=O)C1CCCN(c2nc3ccccc3c3nnc(-c4ccc(F)cc4)n23)C1. The molecule has 1 saturated heterocycles. The molecule has 7 nitrogen and oxygen atoms in total. The molecule has 0 spiro atoms. The van der Waals surface area contributed by atoms with Crippen molar-refractivity contribution in [3.8, 4) is 11.4 Å². The third-order valence-corrected chi connectivity index (χ3v) is 5.66. The van der Waals surface area contributed by atoms with Crippen LogP contribution in [0.1, 0.15) is 19.8 Å². The van der Waals surface area contributed by atoms with Crippen molar-refractivity contribution in [2.45, 2.75) is 19.8 Å². The second-order valence-electron chi connectivity index (χ2n) is 7.66. The van der Waals surface area contributed by atoms with E-state index >= 15 is 0 Å². The van der Waals surface area contributed by atoms with Crippen LogP contribution in [-0.4, -0.2) is 45.2 Å². The summed E-state index contributed by atoms with van der Waals surface area (Å²) in [5.74, 6) is 0.567. The average Bonchev–Trinajstić information content (AvgIpc) is 3.25. The molecule has 2 aromatic carbocycles. The summed E-state index contributed by atoms with van der Waals surface area (Å²) in [6, 6.07) is 14.0. The lowest BCUT2D eigenvalue weighted by molar-refractivity contribution is -0.148. The van der Waals surface area contributed by atoms with Crippen molar-refractivity contribution in [3.63, 3.8) is 0 Å². The van der Waals surface area contributed by atoms with Gasteiger partial charge in [0.25, 0.3) is 0 Å². The summed E-state index contributed by atoms with van der Waals surface area (Å²) in [7, 11) is 0. The van der Waals surface area contributed by atoms with Gasteiger partial charge in [0.1, 0.15) is 5.82 Å². The van der Waals surface area contributed by atoms with Gasteiger partial charge in [-0.15, -0.1) is 10.2 Å². The van der Waals surface area contributed by atoms with Gasteiger partial charge in [0.2, 0.25) is 5.95 Å². The highest BCUT2D eigenvalue weighted by Gasteiger charge is 2.30. The molecule has 1 unspecified atom stereocenters. The first-order chi connectivity index (χ1) is 15.2. The van der Waals surface area contributed by atoms with Crippen LogP contribution < -0.4 is 4.90 Å². The van der Waals surface area contributed by atoms with Crippen LogP contribution in [0.25, 0.3) is 27.9 Å². The van der Waals surface area contributed by atoms with Crippen LogP contribution in [0.2, 0.25) is 0 Å². The van der Waals surface area contributed by atoms with E-state index in [1.165, 1.54) is 12.1 Å². The van der Waals surface area contributed by atoms with E-state index in [2.05, 4.69) is 15.1 Å². The summed E-state index contributed by atoms with van der Waals surface area (Å²) >= 11 is 0. The Bertz CT molecular complexity index is 1250. The highest BCUT2D eigenvalue weighted by atomic mass is 19.1. The summed E-state index contributed by atoms with van der Waals surface area (Å²) in [5, 5.41) is 9.74. The number of ether oxygens (including phenoxy) is 1. The molecule has 31 heavy (non-hydrogen) atoms. The molecule has 0 radical (unpaired) electrons. The number of rotatable bonds is 4. The third kappa shape index (κ3) is 3.48. The molecule has 1 aliphatic rings. The molecule has 1 aliphatic heterocycles. The number of benzene rings is 2. The first-order valence-electron chi connectivity index (χ1n) is 10.5. The molecular weight excluding hydrogens is 397 g/mol. The molecule has 1 atom stereocenters. The van der Waals surface area contributed by atoms with Crippen LogP contribution in [0, 0.1) is 11.7 Å². The van der Waals surface area contributed by atoms with Crippen LogP contribution in [0.4, 0.5) is 10.3 Å². The summed E-state index contributed by atoms with van der Waals surface area (Å²) in [4.78, 5) is 19.4. The molecule has 0 N–H and O–H groups in total. The van der Waals surface area contributed by atoms with Crippen LogP contribution in [-0.2, 0) is 9.53 Å². The Hall–Kier alpha value is -3.55. The van der Waals surface area contributed by atoms with E-state index in [9.17, 15) is 9.18 Å². The molecule has 3 heterocycles. The topological polar surface area (TPSA) is 72.6 Å². The van der Waals surface area contributed by atoms with Gasteiger partial charge in [-0.05, 0) is 56.2 Å². The number of carbonyl (C=O) groups excluding carboxylic acids is 1. The second kappa shape index (κ2) is 7.94. The largest absolute Gasteiger partial charge is 0.466 e. The summed E-state index contributed by atoms with van der Waals surface area (Å²) in [5.41, 5.74) is 2.23. The molecule has 158 valence electrons. The number of aromatic nitrogens is 4. The van der Waals surface area contributed by atoms with Gasteiger partial charge in [0.15, 0.2) is 11.5 Å². The van der Waals surface area contributed by atoms with Crippen molar-refractivity contribution in [2.75, 3.05) is 24.6 Å². The third-order valence-electron chi connectivity index (χ3n) is 5.66. The van der Waals surface area contributed by atoms with Gasteiger partial charge in [-0.3, -0.25) is 4.79 Å². The Balaban J connectivity index is 1.67. The van der Waals surface area contributed by atoms with E-state index in [1.54, 1.807) is 12.1 Å². The maximum absolute atomic E-state index is 13.5. The lowest BCUT2D eigenvalue weighted by atomic mass is 9.98. The van der Waals surface area contributed by atoms with Crippen LogP contribution >= 0.6 is 0 Å². The standard InChI is InChI=1S/C23H22FN5O2/c1-2-31-22(30)16-6-5-13-28(14-16)23-25-19-8-4-3-7-18(19)21-27-26-20(29(21)23)15-9-11-17(24)12-10-15/h3-4,7-12,16H,2,5-6,13-14H2,1H3. The van der Waals surface area contributed by atoms with Crippen LogP contribution in [0.15, 0.2) is 48.5 Å². The number of piperidine rings is 1. The van der Waals surface area contributed by atoms with Crippen molar-refractivity contribution in [3.05, 3.63) is 54.3 Å². The molecule has 0 aliphatic carbocycles. The van der Waals surface area contributed by atoms with Crippen molar-refractivity contribution in [2.24, 2.45) is 5.92 Å². The predicted octanol–water partition coefficient (Wildman–Crippen LogP) is 3.86. The highest BCUT2D eigenvalue weighted by Crippen LogP contribution is 2.31. The Labute approximate surface area is 178 Å². The number of hydrogen-bond acceptors (Lipinski definition) is 6. The molecule has 0 bridgehead atoms. The van der Waals surface area contributed by atoms with Crippen molar-refractivity contribution in [1.29, 1.82) is 0 Å². The Kier molecular flexibility index (Phi) is 4.97. The number of para-hydroxylation sites is 1. The minimum Gasteiger partial charge on any atom is -0.466 e. The first-order valence-corrected chi connectivity index (χ1v) is 10.5. The fourth-order valence-corrected chi connectivity index (χ4v) is 4.18. The second-order valence-corrected chi connectivity index (χ2v) is 7.66. The normalized spacial score (nSPS) is 16.7. The molecule has 2 aromatic heterocycles. The number of esters is 1. The van der Waals surface area contributed by atoms with E-state index in [1.807, 2.05) is 35.6 Å². The highest BCUT2D eigenvalue weighted by molar-refractivity contribution is 5.93. The van der Waals surface area contributed by atoms with Gasteiger partial charge in [0, 0.05) is 24.0 Å². The summed E-state index contributed by atoms with van der Waals surface area (Å²) < 4.78 is 20.7. The molecule has 4 aromatic rings. The minimum atomic E-state index is -0.310. The van der Waals surface area contributed by atoms with Crippen molar-refractivity contribution in [1.82, 2.24) is 19.6 Å². The number of halogens is 1. The molecule has 1 fully saturated rings. The van der Waals surface area contributed by atoms with Crippen molar-refractivity contribution < 1.29 is 13.9 Å². The number of carbonyl (C=O) groups is 1. The summed E-state index contributed by atoms with van der Waals surface area (Å²) in [6.07, 6.45) is 1.65. The van der Waals surface area contributed by atoms with Gasteiger partial charge >= 0.3 is 5.97 Å². The van der Waals surface area contributed by atoms with E-state index < -0.39 is 0 Å². The van der Waals surface area contributed by atoms with E-state index in [-0.39, 0.29) is 17.7 Å². The Morgan fingerprint density at radius 3 is 2.77 bits per heavy atom.